The first-order valence-corrected chi connectivity index (χ1v) is 3.32. The summed E-state index contributed by atoms with van der Waals surface area (Å²) >= 11 is 0. The molecular weight excluding hydrogens is 335 g/mol. The Kier molecular flexibility index (Phi) is 136. The van der Waals surface area contributed by atoms with Crippen molar-refractivity contribution in [2.45, 2.75) is 25.7 Å². The molecular formula is C6H22K6N2. The summed E-state index contributed by atoms with van der Waals surface area (Å²) in [7, 11) is 0. The van der Waals surface area contributed by atoms with E-state index in [4.69, 9.17) is 11.5 Å². The molecule has 0 aliphatic carbocycles. The molecule has 0 aliphatic heterocycles. The van der Waals surface area contributed by atoms with Crippen LogP contribution in [-0.2, 0) is 0 Å². The maximum Gasteiger partial charge on any atom is 1.00 e. The van der Waals surface area contributed by atoms with E-state index in [-0.39, 0.29) is 317 Å². The van der Waals surface area contributed by atoms with E-state index in [1.54, 1.807) is 0 Å². The van der Waals surface area contributed by atoms with Gasteiger partial charge in [-0.15, -0.1) is 0 Å². The molecule has 8 heteroatoms. The zero-order chi connectivity index (χ0) is 6.24. The minimum absolute atomic E-state index is 0. The first-order chi connectivity index (χ1) is 3.91. The summed E-state index contributed by atoms with van der Waals surface area (Å²) in [6, 6.07) is 0. The van der Waals surface area contributed by atoms with E-state index in [1.165, 1.54) is 12.8 Å². The van der Waals surface area contributed by atoms with Crippen molar-refractivity contribution in [3.63, 3.8) is 0 Å². The molecule has 0 radical (unpaired) electrons. The minimum Gasteiger partial charge on any atom is -1.00 e. The number of hydrogen-bond acceptors (Lipinski definition) is 2. The third-order valence-corrected chi connectivity index (χ3v) is 1.16. The van der Waals surface area contributed by atoms with Gasteiger partial charge in [-0.1, -0.05) is 12.8 Å². The quantitative estimate of drug-likeness (QED) is 0.380. The van der Waals surface area contributed by atoms with E-state index in [2.05, 4.69) is 0 Å². The fourth-order valence-electron chi connectivity index (χ4n) is 0.642. The van der Waals surface area contributed by atoms with Crippen LogP contribution >= 0.6 is 0 Å². The van der Waals surface area contributed by atoms with Gasteiger partial charge >= 0.3 is 308 Å². The Hall–Kier alpha value is 9.74. The third-order valence-electron chi connectivity index (χ3n) is 1.16. The molecule has 4 N–H and O–H groups in total. The Bertz CT molecular complexity index is 62.9. The van der Waals surface area contributed by atoms with Gasteiger partial charge in [0.15, 0.2) is 0 Å². The number of nitrogens with two attached hydrogens (primary N) is 2. The summed E-state index contributed by atoms with van der Waals surface area (Å²) in [5.74, 6) is 0. The molecule has 0 aromatic carbocycles. The molecule has 14 heavy (non-hydrogen) atoms. The summed E-state index contributed by atoms with van der Waals surface area (Å²) in [6.45, 7) is 1.65. The van der Waals surface area contributed by atoms with Crippen LogP contribution in [-0.4, -0.2) is 13.1 Å². The van der Waals surface area contributed by atoms with E-state index in [9.17, 15) is 0 Å². The number of rotatable bonds is 5. The molecule has 0 fully saturated rings. The van der Waals surface area contributed by atoms with Crippen LogP contribution in [0.4, 0.5) is 0 Å². The minimum atomic E-state index is 0. The van der Waals surface area contributed by atoms with Crippen molar-refractivity contribution in [1.82, 2.24) is 0 Å². The van der Waals surface area contributed by atoms with Crippen molar-refractivity contribution >= 4 is 0 Å². The molecule has 0 heterocycles. The van der Waals surface area contributed by atoms with Gasteiger partial charge in [0.25, 0.3) is 0 Å². The van der Waals surface area contributed by atoms with Gasteiger partial charge in [0.05, 0.1) is 0 Å². The van der Waals surface area contributed by atoms with Crippen molar-refractivity contribution in [3.8, 4) is 0 Å². The fraction of sp³-hybridized carbons (Fsp3) is 1.00. The molecule has 0 saturated heterocycles. The predicted molar refractivity (Wildman–Crippen MR) is 43.2 cm³/mol. The van der Waals surface area contributed by atoms with Gasteiger partial charge < -0.3 is 20.0 Å². The number of unbranched alkanes of at least 4 members (excludes halogenated alkanes) is 3. The molecule has 0 saturated carbocycles. The van der Waals surface area contributed by atoms with Gasteiger partial charge in [-0.3, -0.25) is 0 Å². The van der Waals surface area contributed by atoms with Gasteiger partial charge in [0, 0.05) is 0 Å². The average molecular weight is 357 g/mol. The second-order valence-electron chi connectivity index (χ2n) is 1.99. The Morgan fingerprint density at radius 3 is 0.857 bits per heavy atom. The first kappa shape index (κ1) is 43.8. The predicted octanol–water partition coefficient (Wildman–Crippen LogP) is -16.8. The van der Waals surface area contributed by atoms with Crippen molar-refractivity contribution < 1.29 is 317 Å². The largest absolute Gasteiger partial charge is 1.00 e. The maximum absolute atomic E-state index is 5.28. The molecule has 2 nitrogen and oxygen atoms in total. The van der Waals surface area contributed by atoms with Crippen molar-refractivity contribution in [3.05, 3.63) is 0 Å². The van der Waals surface area contributed by atoms with Crippen molar-refractivity contribution in [1.29, 1.82) is 0 Å². The van der Waals surface area contributed by atoms with Gasteiger partial charge in [-0.25, -0.2) is 0 Å². The molecule has 0 aromatic rings. The summed E-state index contributed by atoms with van der Waals surface area (Å²) in [5, 5.41) is 0. The van der Waals surface area contributed by atoms with Crippen LogP contribution in [0.25, 0.3) is 0 Å². The Balaban J connectivity index is -0.00000000371. The monoisotopic (exact) mass is 356 g/mol. The van der Waals surface area contributed by atoms with Gasteiger partial charge in [-0.2, -0.15) is 0 Å². The molecule has 0 spiro atoms. The molecule has 0 aliphatic rings. The van der Waals surface area contributed by atoms with Crippen LogP contribution in [0.2, 0.25) is 0 Å². The maximum atomic E-state index is 5.28. The standard InChI is InChI=1S/C6H16N2.6K.6H/c7-5-3-1-2-4-6-8;;;;;;;;;;;;/h1-8H2;;;;;;;;;;;;/q;6*+1;6*-1. The van der Waals surface area contributed by atoms with Gasteiger partial charge in [-0.05, 0) is 25.9 Å². The Labute approximate surface area is 354 Å². The average Bonchev–Trinajstić information content (AvgIpc) is 1.81. The SMILES string of the molecule is NCCCCCCN.[H-].[H-].[H-].[H-].[H-].[H-].[K+].[K+].[K+].[K+].[K+].[K+]. The molecule has 0 unspecified atom stereocenters. The van der Waals surface area contributed by atoms with Crippen LogP contribution in [0.15, 0.2) is 0 Å². The normalized spacial score (nSPS) is 5.57. The van der Waals surface area contributed by atoms with E-state index in [1.807, 2.05) is 0 Å². The summed E-state index contributed by atoms with van der Waals surface area (Å²) < 4.78 is 0. The van der Waals surface area contributed by atoms with Crippen molar-refractivity contribution in [2.75, 3.05) is 13.1 Å². The zero-order valence-electron chi connectivity index (χ0n) is 17.4. The molecule has 0 bridgehead atoms. The van der Waals surface area contributed by atoms with Crippen LogP contribution in [0.3, 0.4) is 0 Å². The third kappa shape index (κ3) is 43.0. The Morgan fingerprint density at radius 1 is 0.500 bits per heavy atom. The topological polar surface area (TPSA) is 52.0 Å². The molecule has 0 atom stereocenters. The molecule has 0 rings (SSSR count). The second kappa shape index (κ2) is 43.4. The van der Waals surface area contributed by atoms with Gasteiger partial charge in [0.1, 0.15) is 0 Å². The fourth-order valence-corrected chi connectivity index (χ4v) is 0.642. The van der Waals surface area contributed by atoms with Crippen LogP contribution in [0, 0.1) is 0 Å². The summed E-state index contributed by atoms with van der Waals surface area (Å²) in [4.78, 5) is 0. The molecule has 0 aromatic heterocycles. The Morgan fingerprint density at radius 2 is 0.714 bits per heavy atom. The van der Waals surface area contributed by atoms with Crippen LogP contribution in [0.1, 0.15) is 34.2 Å². The van der Waals surface area contributed by atoms with Crippen LogP contribution in [0.5, 0.6) is 0 Å². The van der Waals surface area contributed by atoms with E-state index in [0.717, 1.165) is 25.9 Å². The van der Waals surface area contributed by atoms with E-state index >= 15 is 0 Å². The first-order valence-electron chi connectivity index (χ1n) is 3.32. The van der Waals surface area contributed by atoms with E-state index < -0.39 is 0 Å². The smallest absolute Gasteiger partial charge is 1.00 e. The van der Waals surface area contributed by atoms with Crippen LogP contribution < -0.4 is 320 Å². The molecule has 0 amide bonds. The summed E-state index contributed by atoms with van der Waals surface area (Å²) in [5.41, 5.74) is 10.6. The van der Waals surface area contributed by atoms with Crippen molar-refractivity contribution in [2.24, 2.45) is 11.5 Å². The zero-order valence-corrected chi connectivity index (χ0v) is 30.1. The molecule has 62 valence electrons. The summed E-state index contributed by atoms with van der Waals surface area (Å²) in [6.07, 6.45) is 4.79. The van der Waals surface area contributed by atoms with E-state index in [0.29, 0.717) is 0 Å². The second-order valence-corrected chi connectivity index (χ2v) is 1.99. The number of hydrogen-bond donors (Lipinski definition) is 2. The van der Waals surface area contributed by atoms with Gasteiger partial charge in [0.2, 0.25) is 0 Å².